The lowest BCUT2D eigenvalue weighted by molar-refractivity contribution is -0.394. The number of carbonyl (C=O) groups is 3. The molecule has 3 aromatic rings. The van der Waals surface area contributed by atoms with Gasteiger partial charge in [0.05, 0.1) is 55.8 Å². The summed E-state index contributed by atoms with van der Waals surface area (Å²) in [4.78, 5) is 90.0. The summed E-state index contributed by atoms with van der Waals surface area (Å²) in [5, 5.41) is 47.2. The normalized spacial score (nSPS) is 19.6. The summed E-state index contributed by atoms with van der Waals surface area (Å²) in [7, 11) is 2.41. The van der Waals surface area contributed by atoms with Crippen LogP contribution in [0.25, 0.3) is 0 Å². The van der Waals surface area contributed by atoms with E-state index in [0.29, 0.717) is 12.1 Å². The number of methoxy groups -OCH3 is 1. The molecule has 0 radical (unpaired) electrons. The molecule has 242 valence electrons. The molecule has 1 fully saturated rings. The smallest absolute Gasteiger partial charge is 0.339 e. The van der Waals surface area contributed by atoms with Crippen LogP contribution in [-0.4, -0.2) is 68.9 Å². The predicted octanol–water partition coefficient (Wildman–Crippen LogP) is 3.17. The first kappa shape index (κ1) is 31.8. The fourth-order valence-corrected chi connectivity index (χ4v) is 5.52. The van der Waals surface area contributed by atoms with Gasteiger partial charge < -0.3 is 9.47 Å². The molecular formula is C27H20N6O14. The van der Waals surface area contributed by atoms with E-state index in [1.807, 2.05) is 0 Å². The lowest BCUT2D eigenvalue weighted by Crippen LogP contribution is -2.56. The molecular weight excluding hydrogens is 632 g/mol. The van der Waals surface area contributed by atoms with Crippen molar-refractivity contribution < 1.29 is 48.4 Å². The van der Waals surface area contributed by atoms with Gasteiger partial charge >= 0.3 is 11.9 Å². The number of rotatable bonds is 8. The van der Waals surface area contributed by atoms with E-state index in [1.165, 1.54) is 24.2 Å². The van der Waals surface area contributed by atoms with E-state index in [2.05, 4.69) is 0 Å². The Morgan fingerprint density at radius 3 is 1.79 bits per heavy atom. The molecule has 20 heteroatoms. The van der Waals surface area contributed by atoms with Gasteiger partial charge in [0.2, 0.25) is 6.23 Å². The predicted molar refractivity (Wildman–Crippen MR) is 153 cm³/mol. The number of nitro groups is 4. The number of amides is 1. The minimum absolute atomic E-state index is 0.168. The van der Waals surface area contributed by atoms with E-state index >= 15 is 0 Å². The van der Waals surface area contributed by atoms with Crippen LogP contribution in [0.4, 0.5) is 28.4 Å². The van der Waals surface area contributed by atoms with Gasteiger partial charge in [-0.2, -0.15) is 0 Å². The number of hydroxylamine groups is 1. The van der Waals surface area contributed by atoms with Crippen molar-refractivity contribution in [3.05, 3.63) is 118 Å². The zero-order chi connectivity index (χ0) is 34.4. The third-order valence-corrected chi connectivity index (χ3v) is 7.55. The zero-order valence-corrected chi connectivity index (χ0v) is 24.0. The highest BCUT2D eigenvalue weighted by Gasteiger charge is 2.64. The molecule has 3 aromatic carbocycles. The molecule has 3 atom stereocenters. The summed E-state index contributed by atoms with van der Waals surface area (Å²) < 4.78 is 10.8. The number of para-hydroxylation sites is 1. The number of likely N-dealkylation sites (tertiary alicyclic amines) is 1. The maximum Gasteiger partial charge on any atom is 0.339 e. The minimum atomic E-state index is -2.11. The standard InChI is InChI=1S/C27H20N6O14/c1-28-21-6-4-3-5-20(21)27(46-24(35)15-9-18(32(41)42)12-19(10-15)33(43)44)13-22(25(36)45-2)29(26(27)47-28)23(34)14-7-16(30(37)38)11-17(8-14)31(39)40/h3-12,22,26H,13H2,1-2H3/t22-,26+,27+/m0/s1. The van der Waals surface area contributed by atoms with Crippen molar-refractivity contribution >= 4 is 46.3 Å². The monoisotopic (exact) mass is 652 g/mol. The van der Waals surface area contributed by atoms with Gasteiger partial charge in [0.15, 0.2) is 5.60 Å². The van der Waals surface area contributed by atoms with Crippen molar-refractivity contribution in [3.63, 3.8) is 0 Å². The van der Waals surface area contributed by atoms with Crippen LogP contribution in [0.5, 0.6) is 0 Å². The van der Waals surface area contributed by atoms with E-state index in [1.54, 1.807) is 12.1 Å². The van der Waals surface area contributed by atoms with E-state index in [-0.39, 0.29) is 11.3 Å². The number of fused-ring (bicyclic) bond motifs is 3. The molecule has 2 heterocycles. The molecule has 0 N–H and O–H groups in total. The number of ether oxygens (including phenoxy) is 2. The van der Waals surface area contributed by atoms with Crippen molar-refractivity contribution in [1.82, 2.24) is 4.90 Å². The van der Waals surface area contributed by atoms with Crippen LogP contribution in [0.15, 0.2) is 60.7 Å². The Hall–Kier alpha value is -6.57. The molecule has 0 unspecified atom stereocenters. The number of anilines is 1. The average molecular weight is 652 g/mol. The van der Waals surface area contributed by atoms with Crippen molar-refractivity contribution in [1.29, 1.82) is 0 Å². The third-order valence-electron chi connectivity index (χ3n) is 7.55. The van der Waals surface area contributed by atoms with Crippen molar-refractivity contribution in [2.24, 2.45) is 0 Å². The molecule has 2 aliphatic rings. The van der Waals surface area contributed by atoms with Crippen molar-refractivity contribution in [2.45, 2.75) is 24.3 Å². The van der Waals surface area contributed by atoms with Gasteiger partial charge in [0.1, 0.15) is 6.04 Å². The number of benzene rings is 3. The van der Waals surface area contributed by atoms with E-state index in [0.717, 1.165) is 36.3 Å². The van der Waals surface area contributed by atoms with Gasteiger partial charge in [-0.15, -0.1) is 0 Å². The first-order valence-electron chi connectivity index (χ1n) is 13.2. The minimum Gasteiger partial charge on any atom is -0.467 e. The molecule has 0 saturated carbocycles. The van der Waals surface area contributed by atoms with Gasteiger partial charge in [-0.25, -0.2) is 14.4 Å². The molecule has 1 amide bonds. The van der Waals surface area contributed by atoms with Gasteiger partial charge in [-0.1, -0.05) is 18.2 Å². The molecule has 0 aliphatic carbocycles. The number of nitrogens with zero attached hydrogens (tertiary/aromatic N) is 6. The van der Waals surface area contributed by atoms with Gasteiger partial charge in [-0.05, 0) is 6.07 Å². The molecule has 2 aliphatic heterocycles. The Labute approximate surface area is 261 Å². The lowest BCUT2D eigenvalue weighted by Gasteiger charge is -2.44. The highest BCUT2D eigenvalue weighted by atomic mass is 16.7. The maximum atomic E-state index is 14.1. The highest BCUT2D eigenvalue weighted by Crippen LogP contribution is 2.52. The van der Waals surface area contributed by atoms with E-state index in [4.69, 9.17) is 14.3 Å². The van der Waals surface area contributed by atoms with E-state index in [9.17, 15) is 54.8 Å². The number of carbonyl (C=O) groups excluding carboxylic acids is 3. The Bertz CT molecular complexity index is 1830. The third kappa shape index (κ3) is 5.48. The summed E-state index contributed by atoms with van der Waals surface area (Å²) in [5.74, 6) is -3.58. The second-order valence-corrected chi connectivity index (χ2v) is 10.2. The van der Waals surface area contributed by atoms with Crippen LogP contribution in [0.3, 0.4) is 0 Å². The molecule has 0 aromatic heterocycles. The Kier molecular flexibility index (Phi) is 7.95. The summed E-state index contributed by atoms with van der Waals surface area (Å²) in [6, 6.07) is 8.74. The van der Waals surface area contributed by atoms with E-state index < -0.39 is 95.7 Å². The fraction of sp³-hybridized carbons (Fsp3) is 0.222. The summed E-state index contributed by atoms with van der Waals surface area (Å²) in [5.41, 5.74) is -6.11. The Balaban J connectivity index is 1.70. The maximum absolute atomic E-state index is 14.1. The highest BCUT2D eigenvalue weighted by molar-refractivity contribution is 5.99. The summed E-state index contributed by atoms with van der Waals surface area (Å²) >= 11 is 0. The van der Waals surface area contributed by atoms with Crippen LogP contribution in [-0.2, 0) is 24.7 Å². The van der Waals surface area contributed by atoms with Gasteiger partial charge in [0, 0.05) is 43.3 Å². The van der Waals surface area contributed by atoms with Crippen LogP contribution in [0, 0.1) is 40.5 Å². The Morgan fingerprint density at radius 2 is 1.30 bits per heavy atom. The van der Waals surface area contributed by atoms with Crippen molar-refractivity contribution in [2.75, 3.05) is 19.2 Å². The Morgan fingerprint density at radius 1 is 0.809 bits per heavy atom. The summed E-state index contributed by atoms with van der Waals surface area (Å²) in [6.45, 7) is 0. The SMILES string of the molecule is COC(=O)[C@@H]1C[C@@]2(OC(=O)c3cc([N+](=O)[O-])cc([N+](=O)[O-])c3)c3ccccc3N(C)O[C@H]2N1C(=O)c1cc([N+](=O)[O-])cc([N+](=O)[O-])c1. The molecule has 20 nitrogen and oxygen atoms in total. The first-order chi connectivity index (χ1) is 22.2. The van der Waals surface area contributed by atoms with Crippen LogP contribution < -0.4 is 5.06 Å². The molecule has 1 saturated heterocycles. The van der Waals surface area contributed by atoms with Crippen LogP contribution in [0.1, 0.15) is 32.7 Å². The topological polar surface area (TPSA) is 258 Å². The van der Waals surface area contributed by atoms with Crippen LogP contribution >= 0.6 is 0 Å². The van der Waals surface area contributed by atoms with Crippen molar-refractivity contribution in [3.8, 4) is 0 Å². The number of non-ortho nitro benzene ring substituents is 4. The van der Waals surface area contributed by atoms with Gasteiger partial charge in [0.25, 0.3) is 28.7 Å². The number of nitro benzene ring substituents is 4. The molecule has 0 bridgehead atoms. The largest absolute Gasteiger partial charge is 0.467 e. The average Bonchev–Trinajstić information content (AvgIpc) is 3.38. The second-order valence-electron chi connectivity index (χ2n) is 10.2. The molecule has 0 spiro atoms. The lowest BCUT2D eigenvalue weighted by atomic mass is 9.86. The number of hydrogen-bond donors (Lipinski definition) is 0. The molecule has 47 heavy (non-hydrogen) atoms. The fourth-order valence-electron chi connectivity index (χ4n) is 5.52. The quantitative estimate of drug-likeness (QED) is 0.192. The first-order valence-corrected chi connectivity index (χ1v) is 13.2. The second kappa shape index (κ2) is 11.7. The number of esters is 2. The zero-order valence-electron chi connectivity index (χ0n) is 24.0. The molecule has 5 rings (SSSR count). The van der Waals surface area contributed by atoms with Crippen LogP contribution in [0.2, 0.25) is 0 Å². The van der Waals surface area contributed by atoms with Gasteiger partial charge in [-0.3, -0.25) is 55.2 Å². The number of hydrogen-bond acceptors (Lipinski definition) is 15. The summed E-state index contributed by atoms with van der Waals surface area (Å²) in [6.07, 6.45) is -2.32.